The highest BCUT2D eigenvalue weighted by molar-refractivity contribution is 5.43. The van der Waals surface area contributed by atoms with E-state index in [9.17, 15) is 0 Å². The maximum absolute atomic E-state index is 5.72. The topological polar surface area (TPSA) is 39.5 Å². The first-order valence-electron chi connectivity index (χ1n) is 8.98. The molecule has 5 nitrogen and oxygen atoms in total. The van der Waals surface area contributed by atoms with Gasteiger partial charge >= 0.3 is 0 Å². The van der Waals surface area contributed by atoms with Crippen LogP contribution in [0.2, 0.25) is 0 Å². The molecule has 2 aliphatic rings. The van der Waals surface area contributed by atoms with Crippen molar-refractivity contribution in [3.05, 3.63) is 42.2 Å². The zero-order valence-electron chi connectivity index (χ0n) is 14.1. The standard InChI is InChI=1S/C19H25N3O2/c1-2-9-21(17(4-1)7-11-22-10-3-8-20-22)15-16-5-6-18-19(14-16)24-13-12-23-18/h3,5-6,8,10,14,17H,1-2,4,7,9,11-13,15H2/t17-/m1/s1. The highest BCUT2D eigenvalue weighted by atomic mass is 16.6. The number of aryl methyl sites for hydroxylation is 1. The van der Waals surface area contributed by atoms with Crippen molar-refractivity contribution in [1.82, 2.24) is 14.7 Å². The van der Waals surface area contributed by atoms with Gasteiger partial charge in [0.05, 0.1) is 0 Å². The van der Waals surface area contributed by atoms with Gasteiger partial charge in [0.15, 0.2) is 11.5 Å². The second kappa shape index (κ2) is 7.26. The highest BCUT2D eigenvalue weighted by Gasteiger charge is 2.23. The summed E-state index contributed by atoms with van der Waals surface area (Å²) < 4.78 is 13.4. The first-order chi connectivity index (χ1) is 11.9. The maximum atomic E-state index is 5.72. The summed E-state index contributed by atoms with van der Waals surface area (Å²) in [6, 6.07) is 9.00. The van der Waals surface area contributed by atoms with Gasteiger partial charge in [0.1, 0.15) is 13.2 Å². The predicted octanol–water partition coefficient (Wildman–Crippen LogP) is 3.10. The fourth-order valence-corrected chi connectivity index (χ4v) is 3.73. The van der Waals surface area contributed by atoms with E-state index in [1.807, 2.05) is 29.2 Å². The number of hydrogen-bond donors (Lipinski definition) is 0. The van der Waals surface area contributed by atoms with Crippen LogP contribution < -0.4 is 9.47 Å². The Kier molecular flexibility index (Phi) is 4.69. The smallest absolute Gasteiger partial charge is 0.161 e. The van der Waals surface area contributed by atoms with Gasteiger partial charge in [0.25, 0.3) is 0 Å². The average Bonchev–Trinajstić information content (AvgIpc) is 3.14. The van der Waals surface area contributed by atoms with Crippen LogP contribution in [-0.4, -0.2) is 40.5 Å². The van der Waals surface area contributed by atoms with E-state index in [0.717, 1.165) is 31.0 Å². The number of rotatable bonds is 5. The lowest BCUT2D eigenvalue weighted by Gasteiger charge is -2.36. The van der Waals surface area contributed by atoms with Gasteiger partial charge in [-0.15, -0.1) is 0 Å². The summed E-state index contributed by atoms with van der Waals surface area (Å²) in [5.74, 6) is 1.77. The first kappa shape index (κ1) is 15.5. The highest BCUT2D eigenvalue weighted by Crippen LogP contribution is 2.32. The molecule has 1 fully saturated rings. The van der Waals surface area contributed by atoms with Crippen LogP contribution in [0.3, 0.4) is 0 Å². The number of aromatic nitrogens is 2. The summed E-state index contributed by atoms with van der Waals surface area (Å²) in [6.45, 7) is 4.45. The molecule has 0 saturated carbocycles. The van der Waals surface area contributed by atoms with E-state index < -0.39 is 0 Å². The Labute approximate surface area is 143 Å². The Bertz CT molecular complexity index is 657. The normalized spacial score (nSPS) is 20.9. The van der Waals surface area contributed by atoms with Gasteiger partial charge in [-0.3, -0.25) is 9.58 Å². The first-order valence-corrected chi connectivity index (χ1v) is 8.98. The van der Waals surface area contributed by atoms with Crippen LogP contribution in [0.4, 0.5) is 0 Å². The van der Waals surface area contributed by atoms with E-state index in [4.69, 9.17) is 9.47 Å². The van der Waals surface area contributed by atoms with Crippen LogP contribution in [0.15, 0.2) is 36.7 Å². The largest absolute Gasteiger partial charge is 0.486 e. The second-order valence-corrected chi connectivity index (χ2v) is 6.66. The molecule has 1 atom stereocenters. The van der Waals surface area contributed by atoms with Gasteiger partial charge in [0.2, 0.25) is 0 Å². The number of benzene rings is 1. The van der Waals surface area contributed by atoms with Crippen molar-refractivity contribution in [2.45, 2.75) is 44.8 Å². The predicted molar refractivity (Wildman–Crippen MR) is 92.3 cm³/mol. The van der Waals surface area contributed by atoms with E-state index in [1.165, 1.54) is 31.4 Å². The second-order valence-electron chi connectivity index (χ2n) is 6.66. The van der Waals surface area contributed by atoms with E-state index in [-0.39, 0.29) is 0 Å². The quantitative estimate of drug-likeness (QED) is 0.846. The third-order valence-corrected chi connectivity index (χ3v) is 4.99. The van der Waals surface area contributed by atoms with Gasteiger partial charge in [0, 0.05) is 31.5 Å². The average molecular weight is 327 g/mol. The zero-order valence-corrected chi connectivity index (χ0v) is 14.1. The van der Waals surface area contributed by atoms with E-state index >= 15 is 0 Å². The molecular weight excluding hydrogens is 302 g/mol. The van der Waals surface area contributed by atoms with Crippen molar-refractivity contribution in [2.75, 3.05) is 19.8 Å². The molecule has 4 rings (SSSR count). The molecule has 1 aromatic heterocycles. The molecule has 0 N–H and O–H groups in total. The summed E-state index contributed by atoms with van der Waals surface area (Å²) in [4.78, 5) is 2.62. The summed E-state index contributed by atoms with van der Waals surface area (Å²) in [7, 11) is 0. The summed E-state index contributed by atoms with van der Waals surface area (Å²) >= 11 is 0. The van der Waals surface area contributed by atoms with Crippen LogP contribution in [0.1, 0.15) is 31.2 Å². The van der Waals surface area contributed by atoms with E-state index in [0.29, 0.717) is 19.3 Å². The summed E-state index contributed by atoms with van der Waals surface area (Å²) in [5.41, 5.74) is 1.31. The minimum atomic E-state index is 0.635. The van der Waals surface area contributed by atoms with Crippen molar-refractivity contribution in [3.8, 4) is 11.5 Å². The molecule has 128 valence electrons. The number of ether oxygens (including phenoxy) is 2. The van der Waals surface area contributed by atoms with Gasteiger partial charge in [-0.05, 0) is 49.6 Å². The third kappa shape index (κ3) is 3.56. The van der Waals surface area contributed by atoms with Crippen LogP contribution in [0.25, 0.3) is 0 Å². The molecule has 2 aromatic rings. The third-order valence-electron chi connectivity index (χ3n) is 4.99. The molecule has 0 unspecified atom stereocenters. The van der Waals surface area contributed by atoms with Gasteiger partial charge in [-0.2, -0.15) is 5.10 Å². The Morgan fingerprint density at radius 1 is 1.12 bits per heavy atom. The van der Waals surface area contributed by atoms with Crippen LogP contribution in [0.5, 0.6) is 11.5 Å². The summed E-state index contributed by atoms with van der Waals surface area (Å²) in [6.07, 6.45) is 8.98. The van der Waals surface area contributed by atoms with Crippen LogP contribution >= 0.6 is 0 Å². The summed E-state index contributed by atoms with van der Waals surface area (Å²) in [5, 5.41) is 4.33. The number of nitrogens with zero attached hydrogens (tertiary/aromatic N) is 3. The van der Waals surface area contributed by atoms with E-state index in [2.05, 4.69) is 22.1 Å². The minimum absolute atomic E-state index is 0.635. The molecule has 0 bridgehead atoms. The molecule has 5 heteroatoms. The maximum Gasteiger partial charge on any atom is 0.161 e. The van der Waals surface area contributed by atoms with Crippen molar-refractivity contribution in [3.63, 3.8) is 0 Å². The monoisotopic (exact) mass is 327 g/mol. The SMILES string of the molecule is c1cnn(CC[C@H]2CCCCN2Cc2ccc3c(c2)OCCO3)c1. The van der Waals surface area contributed by atoms with E-state index in [1.54, 1.807) is 0 Å². The Balaban J connectivity index is 1.41. The Morgan fingerprint density at radius 3 is 2.92 bits per heavy atom. The zero-order chi connectivity index (χ0) is 16.2. The molecular formula is C19H25N3O2. The molecule has 24 heavy (non-hydrogen) atoms. The van der Waals surface area contributed by atoms with Crippen LogP contribution in [0, 0.1) is 0 Å². The fourth-order valence-electron chi connectivity index (χ4n) is 3.73. The van der Waals surface area contributed by atoms with Crippen molar-refractivity contribution < 1.29 is 9.47 Å². The molecule has 0 spiro atoms. The molecule has 0 amide bonds. The minimum Gasteiger partial charge on any atom is -0.486 e. The molecule has 2 aliphatic heterocycles. The molecule has 1 aromatic carbocycles. The number of piperidine rings is 1. The number of fused-ring (bicyclic) bond motifs is 1. The number of hydrogen-bond acceptors (Lipinski definition) is 4. The lowest BCUT2D eigenvalue weighted by Crippen LogP contribution is -2.39. The Hall–Kier alpha value is -2.01. The lowest BCUT2D eigenvalue weighted by atomic mass is 9.98. The van der Waals surface area contributed by atoms with Gasteiger partial charge in [-0.25, -0.2) is 0 Å². The van der Waals surface area contributed by atoms with Gasteiger partial charge < -0.3 is 9.47 Å². The number of likely N-dealkylation sites (tertiary alicyclic amines) is 1. The molecule has 0 radical (unpaired) electrons. The van der Waals surface area contributed by atoms with Crippen LogP contribution in [-0.2, 0) is 13.1 Å². The molecule has 3 heterocycles. The lowest BCUT2D eigenvalue weighted by molar-refractivity contribution is 0.126. The van der Waals surface area contributed by atoms with Gasteiger partial charge in [-0.1, -0.05) is 12.5 Å². The van der Waals surface area contributed by atoms with Crippen molar-refractivity contribution >= 4 is 0 Å². The Morgan fingerprint density at radius 2 is 2.04 bits per heavy atom. The molecule has 0 aliphatic carbocycles. The fraction of sp³-hybridized carbons (Fsp3) is 0.526. The molecule has 1 saturated heterocycles. The van der Waals surface area contributed by atoms with Crippen molar-refractivity contribution in [1.29, 1.82) is 0 Å². The van der Waals surface area contributed by atoms with Crippen molar-refractivity contribution in [2.24, 2.45) is 0 Å².